The van der Waals surface area contributed by atoms with Gasteiger partial charge in [-0.15, -0.1) is 0 Å². The predicted octanol–water partition coefficient (Wildman–Crippen LogP) is 8.62. The van der Waals surface area contributed by atoms with Crippen molar-refractivity contribution in [1.29, 1.82) is 0 Å². The van der Waals surface area contributed by atoms with Crippen LogP contribution in [0.4, 0.5) is 4.39 Å². The van der Waals surface area contributed by atoms with E-state index in [4.69, 9.17) is 11.6 Å². The van der Waals surface area contributed by atoms with E-state index in [1.165, 1.54) is 36.8 Å². The van der Waals surface area contributed by atoms with Gasteiger partial charge in [-0.25, -0.2) is 4.39 Å². The molecular weight excluding hydrogens is 391 g/mol. The minimum Gasteiger partial charge on any atom is -0.206 e. The number of hydrogen-bond acceptors (Lipinski definition) is 0. The largest absolute Gasteiger partial charge is 0.206 e. The fourth-order valence-corrected chi connectivity index (χ4v) is 4.88. The molecule has 30 heavy (non-hydrogen) atoms. The summed E-state index contributed by atoms with van der Waals surface area (Å²) in [7, 11) is 0. The number of rotatable bonds is 6. The molecule has 0 aliphatic heterocycles. The average molecular weight is 421 g/mol. The third-order valence-corrected chi connectivity index (χ3v) is 6.99. The molecule has 2 heteroatoms. The van der Waals surface area contributed by atoms with Crippen molar-refractivity contribution in [3.63, 3.8) is 0 Å². The first-order valence-corrected chi connectivity index (χ1v) is 11.6. The zero-order chi connectivity index (χ0) is 20.9. The quantitative estimate of drug-likeness (QED) is 0.374. The van der Waals surface area contributed by atoms with E-state index in [9.17, 15) is 4.39 Å². The lowest BCUT2D eigenvalue weighted by Crippen LogP contribution is -2.14. The van der Waals surface area contributed by atoms with Crippen molar-refractivity contribution in [3.05, 3.63) is 94.3 Å². The molecule has 0 N–H and O–H groups in total. The van der Waals surface area contributed by atoms with Crippen LogP contribution in [0.1, 0.15) is 61.6 Å². The maximum absolute atomic E-state index is 14.7. The standard InChI is InChI=1S/C28H30ClF/c1-2-20-5-10-23(11-6-20)24-12-7-21(8-13-24)3-4-22-9-18-27(28(30)19-22)25-14-16-26(29)17-15-25/h5-6,9-11,14-19,21,24H,2-4,7-8,12-13H2,1H3. The normalized spacial score (nSPS) is 19.0. The molecule has 0 atom stereocenters. The fraction of sp³-hybridized carbons (Fsp3) is 0.357. The van der Waals surface area contributed by atoms with Crippen LogP contribution in [0.2, 0.25) is 5.02 Å². The van der Waals surface area contributed by atoms with E-state index in [-0.39, 0.29) is 5.82 Å². The van der Waals surface area contributed by atoms with Crippen LogP contribution in [0.25, 0.3) is 11.1 Å². The van der Waals surface area contributed by atoms with Gasteiger partial charge in [0.05, 0.1) is 0 Å². The van der Waals surface area contributed by atoms with Crippen molar-refractivity contribution in [3.8, 4) is 11.1 Å². The van der Waals surface area contributed by atoms with Gasteiger partial charge in [0.15, 0.2) is 0 Å². The summed E-state index contributed by atoms with van der Waals surface area (Å²) in [6, 6.07) is 22.3. The van der Waals surface area contributed by atoms with Crippen molar-refractivity contribution in [2.75, 3.05) is 0 Å². The van der Waals surface area contributed by atoms with Gasteiger partial charge >= 0.3 is 0 Å². The molecule has 0 saturated heterocycles. The molecule has 4 rings (SSSR count). The maximum atomic E-state index is 14.7. The van der Waals surface area contributed by atoms with E-state index >= 15 is 0 Å². The number of hydrogen-bond donors (Lipinski definition) is 0. The highest BCUT2D eigenvalue weighted by atomic mass is 35.5. The molecule has 0 unspecified atom stereocenters. The Morgan fingerprint density at radius 3 is 2.13 bits per heavy atom. The second-order valence-corrected chi connectivity index (χ2v) is 9.11. The van der Waals surface area contributed by atoms with Crippen LogP contribution in [0.3, 0.4) is 0 Å². The summed E-state index contributed by atoms with van der Waals surface area (Å²) in [5.41, 5.74) is 5.54. The molecule has 1 aliphatic carbocycles. The maximum Gasteiger partial charge on any atom is 0.131 e. The minimum atomic E-state index is -0.144. The minimum absolute atomic E-state index is 0.144. The Morgan fingerprint density at radius 1 is 0.833 bits per heavy atom. The molecule has 156 valence electrons. The van der Waals surface area contributed by atoms with E-state index in [1.807, 2.05) is 18.2 Å². The van der Waals surface area contributed by atoms with Gasteiger partial charge in [0.1, 0.15) is 5.82 Å². The van der Waals surface area contributed by atoms with Crippen LogP contribution in [0, 0.1) is 11.7 Å². The predicted molar refractivity (Wildman–Crippen MR) is 126 cm³/mol. The molecule has 0 amide bonds. The Bertz CT molecular complexity index is 951. The van der Waals surface area contributed by atoms with Gasteiger partial charge in [-0.1, -0.05) is 67.1 Å². The van der Waals surface area contributed by atoms with Crippen LogP contribution >= 0.6 is 11.6 Å². The highest BCUT2D eigenvalue weighted by Gasteiger charge is 2.22. The molecule has 0 radical (unpaired) electrons. The Hall–Kier alpha value is -2.12. The number of benzene rings is 3. The van der Waals surface area contributed by atoms with Crippen LogP contribution in [0.5, 0.6) is 0 Å². The van der Waals surface area contributed by atoms with E-state index in [0.29, 0.717) is 16.5 Å². The molecule has 1 saturated carbocycles. The van der Waals surface area contributed by atoms with Gasteiger partial charge in [-0.3, -0.25) is 0 Å². The molecule has 0 aromatic heterocycles. The lowest BCUT2D eigenvalue weighted by molar-refractivity contribution is 0.310. The van der Waals surface area contributed by atoms with Crippen molar-refractivity contribution in [2.45, 2.75) is 57.8 Å². The van der Waals surface area contributed by atoms with Gasteiger partial charge in [0.25, 0.3) is 0 Å². The van der Waals surface area contributed by atoms with Crippen LogP contribution in [0.15, 0.2) is 66.7 Å². The SMILES string of the molecule is CCc1ccc(C2CCC(CCc3ccc(-c4ccc(Cl)cc4)c(F)c3)CC2)cc1. The first kappa shape index (κ1) is 21.1. The average Bonchev–Trinajstić information content (AvgIpc) is 2.79. The monoisotopic (exact) mass is 420 g/mol. The third kappa shape index (κ3) is 5.13. The lowest BCUT2D eigenvalue weighted by atomic mass is 9.77. The van der Waals surface area contributed by atoms with Crippen LogP contribution in [-0.2, 0) is 12.8 Å². The highest BCUT2D eigenvalue weighted by molar-refractivity contribution is 6.30. The van der Waals surface area contributed by atoms with E-state index in [2.05, 4.69) is 37.3 Å². The Labute approximate surface area is 185 Å². The van der Waals surface area contributed by atoms with E-state index in [1.54, 1.807) is 18.2 Å². The summed E-state index contributed by atoms with van der Waals surface area (Å²) in [5.74, 6) is 1.33. The van der Waals surface area contributed by atoms with Gasteiger partial charge in [-0.2, -0.15) is 0 Å². The van der Waals surface area contributed by atoms with Crippen molar-refractivity contribution in [1.82, 2.24) is 0 Å². The van der Waals surface area contributed by atoms with Gasteiger partial charge < -0.3 is 0 Å². The molecule has 1 aliphatic rings. The Balaban J connectivity index is 1.30. The molecular formula is C28H30ClF. The van der Waals surface area contributed by atoms with Crippen LogP contribution in [-0.4, -0.2) is 0 Å². The number of aryl methyl sites for hydroxylation is 2. The van der Waals surface area contributed by atoms with E-state index < -0.39 is 0 Å². The topological polar surface area (TPSA) is 0 Å². The van der Waals surface area contributed by atoms with Gasteiger partial charge in [0.2, 0.25) is 0 Å². The molecule has 0 nitrogen and oxygen atoms in total. The summed E-state index contributed by atoms with van der Waals surface area (Å²) in [6.45, 7) is 2.21. The van der Waals surface area contributed by atoms with Gasteiger partial charge in [-0.05, 0) is 97.2 Å². The smallest absolute Gasteiger partial charge is 0.131 e. The van der Waals surface area contributed by atoms with Crippen LogP contribution < -0.4 is 0 Å². The fourth-order valence-electron chi connectivity index (χ4n) is 4.76. The summed E-state index contributed by atoms with van der Waals surface area (Å²) in [4.78, 5) is 0. The molecule has 0 heterocycles. The summed E-state index contributed by atoms with van der Waals surface area (Å²) < 4.78 is 14.7. The summed E-state index contributed by atoms with van der Waals surface area (Å²) in [6.07, 6.45) is 8.34. The first-order chi connectivity index (χ1) is 14.6. The van der Waals surface area contributed by atoms with E-state index in [0.717, 1.165) is 36.3 Å². The van der Waals surface area contributed by atoms with Gasteiger partial charge in [0, 0.05) is 10.6 Å². The first-order valence-electron chi connectivity index (χ1n) is 11.3. The molecule has 1 fully saturated rings. The molecule has 3 aromatic carbocycles. The highest BCUT2D eigenvalue weighted by Crippen LogP contribution is 2.37. The second-order valence-electron chi connectivity index (χ2n) is 8.67. The van der Waals surface area contributed by atoms with Crippen molar-refractivity contribution < 1.29 is 4.39 Å². The zero-order valence-corrected chi connectivity index (χ0v) is 18.5. The third-order valence-electron chi connectivity index (χ3n) is 6.74. The Morgan fingerprint density at radius 2 is 1.50 bits per heavy atom. The summed E-state index contributed by atoms with van der Waals surface area (Å²) in [5, 5.41) is 0.670. The molecule has 0 spiro atoms. The molecule has 3 aromatic rings. The van der Waals surface area contributed by atoms with Crippen molar-refractivity contribution in [2.24, 2.45) is 5.92 Å². The molecule has 0 bridgehead atoms. The second kappa shape index (κ2) is 9.79. The zero-order valence-electron chi connectivity index (χ0n) is 17.7. The number of halogens is 2. The van der Waals surface area contributed by atoms with Crippen molar-refractivity contribution >= 4 is 11.6 Å². The summed E-state index contributed by atoms with van der Waals surface area (Å²) >= 11 is 5.94. The lowest BCUT2D eigenvalue weighted by Gasteiger charge is -2.29. The Kier molecular flexibility index (Phi) is 6.89.